The molecule has 168 valence electrons. The number of halogens is 1. The molecule has 8 heteroatoms. The van der Waals surface area contributed by atoms with Gasteiger partial charge in [-0.15, -0.1) is 0 Å². The van der Waals surface area contributed by atoms with Crippen molar-refractivity contribution < 1.29 is 17.9 Å². The molecule has 0 radical (unpaired) electrons. The van der Waals surface area contributed by atoms with Crippen molar-refractivity contribution in [2.75, 3.05) is 11.8 Å². The van der Waals surface area contributed by atoms with E-state index in [4.69, 9.17) is 16.3 Å². The van der Waals surface area contributed by atoms with Crippen molar-refractivity contribution in [3.8, 4) is 5.75 Å². The third kappa shape index (κ3) is 5.23. The lowest BCUT2D eigenvalue weighted by Crippen LogP contribution is -2.27. The maximum absolute atomic E-state index is 13.0. The summed E-state index contributed by atoms with van der Waals surface area (Å²) in [5, 5.41) is 2.90. The van der Waals surface area contributed by atoms with E-state index in [2.05, 4.69) is 10.0 Å². The van der Waals surface area contributed by atoms with E-state index in [0.29, 0.717) is 11.4 Å². The number of hydrogen-bond donors (Lipinski definition) is 2. The summed E-state index contributed by atoms with van der Waals surface area (Å²) in [5.74, 6) is 0.223. The summed E-state index contributed by atoms with van der Waals surface area (Å²) < 4.78 is 33.9. The minimum Gasteiger partial charge on any atom is -0.496 e. The van der Waals surface area contributed by atoms with E-state index in [-0.39, 0.29) is 21.5 Å². The van der Waals surface area contributed by atoms with Gasteiger partial charge in [0.2, 0.25) is 0 Å². The van der Waals surface area contributed by atoms with Gasteiger partial charge in [-0.25, -0.2) is 8.42 Å². The number of aryl methyl sites for hydroxylation is 2. The van der Waals surface area contributed by atoms with Crippen molar-refractivity contribution >= 4 is 33.2 Å². The SMILES string of the molecule is COc1ccccc1[C@@H](C)NC(=O)c1ccc(Cl)c(S(=O)(=O)Nc2ccc(C)cc2C)c1. The third-order valence-electron chi connectivity index (χ3n) is 5.06. The zero-order valence-corrected chi connectivity index (χ0v) is 19.8. The van der Waals surface area contributed by atoms with E-state index in [1.165, 1.54) is 18.2 Å². The first kappa shape index (κ1) is 23.6. The highest BCUT2D eigenvalue weighted by Crippen LogP contribution is 2.28. The molecule has 3 rings (SSSR count). The van der Waals surface area contributed by atoms with Crippen LogP contribution < -0.4 is 14.8 Å². The molecule has 0 fully saturated rings. The monoisotopic (exact) mass is 472 g/mol. The first-order chi connectivity index (χ1) is 15.1. The highest BCUT2D eigenvalue weighted by Gasteiger charge is 2.22. The second-order valence-electron chi connectivity index (χ2n) is 7.51. The third-order valence-corrected chi connectivity index (χ3v) is 6.91. The maximum atomic E-state index is 13.0. The molecule has 0 unspecified atom stereocenters. The number of methoxy groups -OCH3 is 1. The number of carbonyl (C=O) groups is 1. The molecule has 2 N–H and O–H groups in total. The van der Waals surface area contributed by atoms with Crippen LogP contribution in [0.4, 0.5) is 5.69 Å². The summed E-state index contributed by atoms with van der Waals surface area (Å²) in [6.07, 6.45) is 0. The molecule has 0 heterocycles. The number of sulfonamides is 1. The molecule has 0 aromatic heterocycles. The first-order valence-corrected chi connectivity index (χ1v) is 11.8. The van der Waals surface area contributed by atoms with Gasteiger partial charge in [-0.1, -0.05) is 47.5 Å². The van der Waals surface area contributed by atoms with Gasteiger partial charge in [-0.2, -0.15) is 0 Å². The molecule has 0 aliphatic carbocycles. The van der Waals surface area contributed by atoms with Crippen molar-refractivity contribution in [1.29, 1.82) is 0 Å². The molecule has 3 aromatic rings. The molecule has 0 aliphatic heterocycles. The second-order valence-corrected chi connectivity index (χ2v) is 9.56. The minimum atomic E-state index is -4.01. The number of anilines is 1. The largest absolute Gasteiger partial charge is 0.496 e. The zero-order chi connectivity index (χ0) is 23.5. The highest BCUT2D eigenvalue weighted by molar-refractivity contribution is 7.92. The van der Waals surface area contributed by atoms with E-state index >= 15 is 0 Å². The quantitative estimate of drug-likeness (QED) is 0.491. The van der Waals surface area contributed by atoms with Crippen LogP contribution in [0.15, 0.2) is 65.6 Å². The number of para-hydroxylation sites is 1. The van der Waals surface area contributed by atoms with Gasteiger partial charge in [0.05, 0.1) is 23.9 Å². The van der Waals surface area contributed by atoms with E-state index in [0.717, 1.165) is 16.7 Å². The molecule has 0 saturated heterocycles. The lowest BCUT2D eigenvalue weighted by atomic mass is 10.1. The lowest BCUT2D eigenvalue weighted by molar-refractivity contribution is 0.0939. The Kier molecular flexibility index (Phi) is 7.11. The molecule has 1 amide bonds. The summed E-state index contributed by atoms with van der Waals surface area (Å²) in [6.45, 7) is 5.57. The van der Waals surface area contributed by atoms with Gasteiger partial charge >= 0.3 is 0 Å². The van der Waals surface area contributed by atoms with Crippen LogP contribution in [0.5, 0.6) is 5.75 Å². The Hall–Kier alpha value is -3.03. The lowest BCUT2D eigenvalue weighted by Gasteiger charge is -2.18. The zero-order valence-electron chi connectivity index (χ0n) is 18.3. The van der Waals surface area contributed by atoms with Crippen LogP contribution in [0.3, 0.4) is 0 Å². The predicted octanol–water partition coefficient (Wildman–Crippen LogP) is 5.26. The van der Waals surface area contributed by atoms with Gasteiger partial charge in [0.25, 0.3) is 15.9 Å². The summed E-state index contributed by atoms with van der Waals surface area (Å²) in [6, 6.07) is 16.6. The van der Waals surface area contributed by atoms with Crippen molar-refractivity contribution in [1.82, 2.24) is 5.32 Å². The van der Waals surface area contributed by atoms with Crippen LogP contribution in [-0.2, 0) is 10.0 Å². The Bertz CT molecular complexity index is 1260. The standard InChI is InChI=1S/C24H25ClN2O4S/c1-15-9-12-21(16(2)13-15)27-32(29,30)23-14-18(10-11-20(23)25)24(28)26-17(3)19-7-5-6-8-22(19)31-4/h5-14,17,27H,1-4H3,(H,26,28)/t17-/m1/s1. The van der Waals surface area contributed by atoms with E-state index < -0.39 is 15.9 Å². The fourth-order valence-corrected chi connectivity index (χ4v) is 5.02. The van der Waals surface area contributed by atoms with E-state index in [9.17, 15) is 13.2 Å². The number of carbonyl (C=O) groups excluding carboxylic acids is 1. The van der Waals surface area contributed by atoms with E-state index in [1.54, 1.807) is 13.2 Å². The van der Waals surface area contributed by atoms with E-state index in [1.807, 2.05) is 57.2 Å². The first-order valence-electron chi connectivity index (χ1n) is 9.96. The Labute approximate surface area is 193 Å². The summed E-state index contributed by atoms with van der Waals surface area (Å²) in [5.41, 5.74) is 3.24. The van der Waals surface area contributed by atoms with Crippen molar-refractivity contribution in [2.45, 2.75) is 31.7 Å². The van der Waals surface area contributed by atoms with Crippen LogP contribution in [0, 0.1) is 13.8 Å². The Balaban J connectivity index is 1.86. The molecule has 1 atom stereocenters. The minimum absolute atomic E-state index is 0.0246. The average Bonchev–Trinajstić information content (AvgIpc) is 2.75. The van der Waals surface area contributed by atoms with Crippen molar-refractivity contribution in [3.63, 3.8) is 0 Å². The molecule has 32 heavy (non-hydrogen) atoms. The number of amides is 1. The number of benzene rings is 3. The molecule has 6 nitrogen and oxygen atoms in total. The van der Waals surface area contributed by atoms with Gasteiger partial charge in [0, 0.05) is 11.1 Å². The van der Waals surface area contributed by atoms with Gasteiger partial charge in [0.15, 0.2) is 0 Å². The molecule has 0 aliphatic rings. The van der Waals surface area contributed by atoms with Crippen molar-refractivity contribution in [2.24, 2.45) is 0 Å². The molecular weight excluding hydrogens is 448 g/mol. The van der Waals surface area contributed by atoms with Gasteiger partial charge < -0.3 is 10.1 Å². The Morgan fingerprint density at radius 1 is 1.03 bits per heavy atom. The molecule has 0 spiro atoms. The molecule has 0 bridgehead atoms. The molecule has 0 saturated carbocycles. The fraction of sp³-hybridized carbons (Fsp3) is 0.208. The highest BCUT2D eigenvalue weighted by atomic mass is 35.5. The number of nitrogens with one attached hydrogen (secondary N) is 2. The molecule has 3 aromatic carbocycles. The van der Waals surface area contributed by atoms with Crippen molar-refractivity contribution in [3.05, 3.63) is 87.9 Å². The van der Waals surface area contributed by atoms with Crippen LogP contribution in [0.1, 0.15) is 40.0 Å². The summed E-state index contributed by atoms with van der Waals surface area (Å²) in [7, 11) is -2.45. The summed E-state index contributed by atoms with van der Waals surface area (Å²) >= 11 is 6.19. The van der Waals surface area contributed by atoms with Crippen LogP contribution in [0.25, 0.3) is 0 Å². The average molecular weight is 473 g/mol. The topological polar surface area (TPSA) is 84.5 Å². The van der Waals surface area contributed by atoms with Crippen LogP contribution in [0.2, 0.25) is 5.02 Å². The Morgan fingerprint density at radius 2 is 1.75 bits per heavy atom. The summed E-state index contributed by atoms with van der Waals surface area (Å²) in [4.78, 5) is 12.7. The normalized spacial score (nSPS) is 12.2. The Morgan fingerprint density at radius 3 is 2.44 bits per heavy atom. The van der Waals surface area contributed by atoms with Crippen LogP contribution >= 0.6 is 11.6 Å². The second kappa shape index (κ2) is 9.63. The maximum Gasteiger partial charge on any atom is 0.263 e. The predicted molar refractivity (Wildman–Crippen MR) is 127 cm³/mol. The van der Waals surface area contributed by atoms with Gasteiger partial charge in [-0.3, -0.25) is 9.52 Å². The number of ether oxygens (including phenoxy) is 1. The van der Waals surface area contributed by atoms with Crippen LogP contribution in [-0.4, -0.2) is 21.4 Å². The van der Waals surface area contributed by atoms with Gasteiger partial charge in [-0.05, 0) is 56.7 Å². The van der Waals surface area contributed by atoms with Gasteiger partial charge in [0.1, 0.15) is 10.6 Å². The smallest absolute Gasteiger partial charge is 0.263 e. The molecular formula is C24H25ClN2O4S. The number of hydrogen-bond acceptors (Lipinski definition) is 4. The number of rotatable bonds is 7. The fourth-order valence-electron chi connectivity index (χ4n) is 3.36.